The predicted molar refractivity (Wildman–Crippen MR) is 78.0 cm³/mol. The molecule has 1 aromatic rings. The molecule has 6 nitrogen and oxygen atoms in total. The van der Waals surface area contributed by atoms with Gasteiger partial charge in [-0.3, -0.25) is 9.59 Å². The first-order valence-corrected chi connectivity index (χ1v) is 7.18. The van der Waals surface area contributed by atoms with Crippen LogP contribution in [0.3, 0.4) is 0 Å². The third-order valence-electron chi connectivity index (χ3n) is 4.34. The smallest absolute Gasteiger partial charge is 0.323 e. The number of aliphatic carboxylic acids is 1. The highest BCUT2D eigenvalue weighted by Gasteiger charge is 2.52. The molecule has 2 heterocycles. The van der Waals surface area contributed by atoms with Crippen molar-refractivity contribution < 1.29 is 14.7 Å². The number of para-hydroxylation sites is 1. The number of carbonyl (C=O) groups is 2. The van der Waals surface area contributed by atoms with Gasteiger partial charge < -0.3 is 20.2 Å². The summed E-state index contributed by atoms with van der Waals surface area (Å²) >= 11 is 0. The first kappa shape index (κ1) is 13.9. The van der Waals surface area contributed by atoms with E-state index in [0.717, 1.165) is 18.8 Å². The van der Waals surface area contributed by atoms with Crippen LogP contribution >= 0.6 is 0 Å². The summed E-state index contributed by atoms with van der Waals surface area (Å²) in [4.78, 5) is 27.3. The topological polar surface area (TPSA) is 72.9 Å². The Morgan fingerprint density at radius 2 is 1.90 bits per heavy atom. The lowest BCUT2D eigenvalue weighted by Gasteiger charge is -2.40. The zero-order valence-electron chi connectivity index (χ0n) is 11.8. The maximum atomic E-state index is 12.8. The number of hydrogen-bond donors (Lipinski definition) is 2. The summed E-state index contributed by atoms with van der Waals surface area (Å²) in [5.41, 5.74) is 0.378. The molecule has 2 aliphatic heterocycles. The van der Waals surface area contributed by atoms with Crippen LogP contribution in [-0.4, -0.2) is 53.7 Å². The average Bonchev–Trinajstić information content (AvgIpc) is 2.75. The Balaban J connectivity index is 1.96. The van der Waals surface area contributed by atoms with Crippen LogP contribution in [0.5, 0.6) is 0 Å². The molecular formula is C15H19N3O3. The van der Waals surface area contributed by atoms with Gasteiger partial charge in [0.25, 0.3) is 5.91 Å². The van der Waals surface area contributed by atoms with Crippen molar-refractivity contribution in [1.82, 2.24) is 10.2 Å². The fourth-order valence-corrected chi connectivity index (χ4v) is 3.33. The van der Waals surface area contributed by atoms with Gasteiger partial charge in [0, 0.05) is 5.69 Å². The van der Waals surface area contributed by atoms with Gasteiger partial charge in [0.05, 0.1) is 6.67 Å². The first-order valence-electron chi connectivity index (χ1n) is 7.18. The van der Waals surface area contributed by atoms with Crippen molar-refractivity contribution in [1.29, 1.82) is 0 Å². The van der Waals surface area contributed by atoms with Gasteiger partial charge in [-0.2, -0.15) is 0 Å². The number of hydrogen-bond acceptors (Lipinski definition) is 4. The number of carboxylic acid groups (broad SMARTS) is 1. The second kappa shape index (κ2) is 5.37. The van der Waals surface area contributed by atoms with E-state index < -0.39 is 11.5 Å². The highest BCUT2D eigenvalue weighted by atomic mass is 16.4. The van der Waals surface area contributed by atoms with Crippen LogP contribution in [0.2, 0.25) is 0 Å². The van der Waals surface area contributed by atoms with Crippen molar-refractivity contribution in [3.05, 3.63) is 30.3 Å². The van der Waals surface area contributed by atoms with Crippen molar-refractivity contribution >= 4 is 17.6 Å². The van der Waals surface area contributed by atoms with E-state index in [1.165, 1.54) is 4.90 Å². The lowest BCUT2D eigenvalue weighted by molar-refractivity contribution is -0.144. The quantitative estimate of drug-likeness (QED) is 0.848. The Morgan fingerprint density at radius 3 is 2.52 bits per heavy atom. The molecule has 0 atom stereocenters. The van der Waals surface area contributed by atoms with E-state index >= 15 is 0 Å². The number of amides is 1. The van der Waals surface area contributed by atoms with Crippen molar-refractivity contribution in [2.45, 2.75) is 18.4 Å². The van der Waals surface area contributed by atoms with Gasteiger partial charge in [-0.15, -0.1) is 0 Å². The van der Waals surface area contributed by atoms with E-state index in [4.69, 9.17) is 5.11 Å². The van der Waals surface area contributed by atoms with Gasteiger partial charge in [0.2, 0.25) is 0 Å². The Bertz CT molecular complexity index is 540. The molecule has 2 saturated heterocycles. The summed E-state index contributed by atoms with van der Waals surface area (Å²) in [5, 5.41) is 12.3. The minimum atomic E-state index is -0.970. The van der Waals surface area contributed by atoms with E-state index in [2.05, 4.69) is 10.2 Å². The zero-order valence-corrected chi connectivity index (χ0v) is 11.8. The largest absolute Gasteiger partial charge is 0.480 e. The number of benzene rings is 1. The van der Waals surface area contributed by atoms with E-state index in [-0.39, 0.29) is 12.5 Å². The van der Waals surface area contributed by atoms with Crippen LogP contribution in [0.15, 0.2) is 30.3 Å². The molecule has 0 aromatic heterocycles. The fourth-order valence-electron chi connectivity index (χ4n) is 3.33. The molecular weight excluding hydrogens is 270 g/mol. The predicted octanol–water partition coefficient (Wildman–Crippen LogP) is 0.500. The van der Waals surface area contributed by atoms with E-state index in [0.29, 0.717) is 19.5 Å². The molecule has 1 spiro atoms. The molecule has 0 aliphatic carbocycles. The molecule has 1 aromatic carbocycles. The number of piperidine rings is 1. The van der Waals surface area contributed by atoms with Gasteiger partial charge >= 0.3 is 5.97 Å². The summed E-state index contributed by atoms with van der Waals surface area (Å²) in [7, 11) is 0. The van der Waals surface area contributed by atoms with Gasteiger partial charge in [0.1, 0.15) is 12.1 Å². The minimum Gasteiger partial charge on any atom is -0.480 e. The fraction of sp³-hybridized carbons (Fsp3) is 0.467. The second-order valence-electron chi connectivity index (χ2n) is 5.58. The normalized spacial score (nSPS) is 21.0. The summed E-state index contributed by atoms with van der Waals surface area (Å²) in [6.07, 6.45) is 1.41. The molecule has 6 heteroatoms. The SMILES string of the molecule is O=C(O)CN1CN(c2ccccc2)C2(CCNCC2)C1=O. The van der Waals surface area contributed by atoms with Crippen molar-refractivity contribution in [2.75, 3.05) is 31.2 Å². The number of carbonyl (C=O) groups excluding carboxylic acids is 1. The first-order chi connectivity index (χ1) is 10.1. The molecule has 0 saturated carbocycles. The summed E-state index contributed by atoms with van der Waals surface area (Å²) in [5.74, 6) is -1.03. The zero-order chi connectivity index (χ0) is 14.9. The number of anilines is 1. The Labute approximate surface area is 123 Å². The molecule has 112 valence electrons. The average molecular weight is 289 g/mol. The molecule has 0 unspecified atom stereocenters. The Morgan fingerprint density at radius 1 is 1.24 bits per heavy atom. The van der Waals surface area contributed by atoms with Crippen LogP contribution in [0.25, 0.3) is 0 Å². The number of nitrogens with one attached hydrogen (secondary N) is 1. The molecule has 3 rings (SSSR count). The van der Waals surface area contributed by atoms with Crippen LogP contribution in [0.4, 0.5) is 5.69 Å². The monoisotopic (exact) mass is 289 g/mol. The minimum absolute atomic E-state index is 0.0600. The number of rotatable bonds is 3. The molecule has 1 amide bonds. The third-order valence-corrected chi connectivity index (χ3v) is 4.34. The molecule has 2 N–H and O–H groups in total. The van der Waals surface area contributed by atoms with Crippen LogP contribution in [0, 0.1) is 0 Å². The lowest BCUT2D eigenvalue weighted by Crippen LogP contribution is -2.55. The van der Waals surface area contributed by atoms with Gasteiger partial charge in [-0.1, -0.05) is 18.2 Å². The van der Waals surface area contributed by atoms with Crippen molar-refractivity contribution in [3.8, 4) is 0 Å². The van der Waals surface area contributed by atoms with E-state index in [9.17, 15) is 9.59 Å². The molecule has 2 aliphatic rings. The lowest BCUT2D eigenvalue weighted by atomic mass is 9.86. The molecule has 21 heavy (non-hydrogen) atoms. The summed E-state index contributed by atoms with van der Waals surface area (Å²) in [6, 6.07) is 9.76. The van der Waals surface area contributed by atoms with E-state index in [1.54, 1.807) is 0 Å². The highest BCUT2D eigenvalue weighted by Crippen LogP contribution is 2.37. The maximum Gasteiger partial charge on any atom is 0.323 e. The Hall–Kier alpha value is -2.08. The van der Waals surface area contributed by atoms with Gasteiger partial charge in [-0.05, 0) is 38.1 Å². The summed E-state index contributed by atoms with van der Waals surface area (Å²) in [6.45, 7) is 1.65. The standard InChI is InChI=1S/C15H19N3O3/c19-13(20)10-17-11-18(12-4-2-1-3-5-12)15(14(17)21)6-8-16-9-7-15/h1-5,16H,6-11H2,(H,19,20). The molecule has 0 radical (unpaired) electrons. The van der Waals surface area contributed by atoms with E-state index in [1.807, 2.05) is 30.3 Å². The van der Waals surface area contributed by atoms with Gasteiger partial charge in [0.15, 0.2) is 0 Å². The van der Waals surface area contributed by atoms with Crippen LogP contribution < -0.4 is 10.2 Å². The third kappa shape index (κ3) is 2.35. The van der Waals surface area contributed by atoms with Crippen LogP contribution in [-0.2, 0) is 9.59 Å². The summed E-state index contributed by atoms with van der Waals surface area (Å²) < 4.78 is 0. The van der Waals surface area contributed by atoms with Crippen LogP contribution in [0.1, 0.15) is 12.8 Å². The number of nitrogens with zero attached hydrogens (tertiary/aromatic N) is 2. The molecule has 0 bridgehead atoms. The van der Waals surface area contributed by atoms with Gasteiger partial charge in [-0.25, -0.2) is 0 Å². The Kier molecular flexibility index (Phi) is 3.55. The second-order valence-corrected chi connectivity index (χ2v) is 5.58. The highest BCUT2D eigenvalue weighted by molar-refractivity contribution is 5.95. The molecule has 2 fully saturated rings. The van der Waals surface area contributed by atoms with Crippen molar-refractivity contribution in [2.24, 2.45) is 0 Å². The maximum absolute atomic E-state index is 12.8. The van der Waals surface area contributed by atoms with Crippen molar-refractivity contribution in [3.63, 3.8) is 0 Å². The number of carboxylic acids is 1.